The van der Waals surface area contributed by atoms with Gasteiger partial charge in [0.25, 0.3) is 5.91 Å². The number of rotatable bonds is 2. The molecule has 0 aliphatic carbocycles. The second-order valence-corrected chi connectivity index (χ2v) is 4.39. The number of hydrogen-bond donors (Lipinski definition) is 1. The van der Waals surface area contributed by atoms with Crippen LogP contribution < -0.4 is 0 Å². The highest BCUT2D eigenvalue weighted by molar-refractivity contribution is 5.96. The lowest BCUT2D eigenvalue weighted by Crippen LogP contribution is -2.52. The number of carbonyl (C=O) groups excluding carboxylic acids is 1. The molecule has 1 N–H and O–H groups in total. The molecule has 1 aliphatic heterocycles. The van der Waals surface area contributed by atoms with Gasteiger partial charge in [-0.1, -0.05) is 6.07 Å². The van der Waals surface area contributed by atoms with E-state index in [4.69, 9.17) is 9.84 Å². The number of carboxylic acids is 1. The number of morpholine rings is 1. The largest absolute Gasteiger partial charge is 0.480 e. The third-order valence-corrected chi connectivity index (χ3v) is 3.09. The van der Waals surface area contributed by atoms with E-state index >= 15 is 0 Å². The molecule has 0 unspecified atom stereocenters. The van der Waals surface area contributed by atoms with Crippen molar-refractivity contribution in [1.82, 2.24) is 4.90 Å². The fourth-order valence-corrected chi connectivity index (χ4v) is 1.94. The van der Waals surface area contributed by atoms with Crippen LogP contribution in [-0.2, 0) is 9.53 Å². The fraction of sp³-hybridized carbons (Fsp3) is 0.385. The SMILES string of the molecule is Cc1ccc(C(=O)N2CCOC[C@H]2C(=O)O)cc1F. The van der Waals surface area contributed by atoms with Gasteiger partial charge >= 0.3 is 5.97 Å². The normalized spacial score (nSPS) is 19.3. The summed E-state index contributed by atoms with van der Waals surface area (Å²) in [5.41, 5.74) is 0.588. The van der Waals surface area contributed by atoms with Crippen molar-refractivity contribution in [2.75, 3.05) is 19.8 Å². The molecule has 0 bridgehead atoms. The molecule has 1 amide bonds. The maximum atomic E-state index is 13.5. The molecule has 1 aliphatic rings. The summed E-state index contributed by atoms with van der Waals surface area (Å²) in [5.74, 6) is -2.10. The molecule has 1 atom stereocenters. The van der Waals surface area contributed by atoms with Gasteiger partial charge in [0.05, 0.1) is 13.2 Å². The number of ether oxygens (including phenoxy) is 1. The quantitative estimate of drug-likeness (QED) is 0.870. The molecule has 1 aromatic carbocycles. The van der Waals surface area contributed by atoms with Crippen molar-refractivity contribution in [3.05, 3.63) is 35.1 Å². The zero-order valence-electron chi connectivity index (χ0n) is 10.4. The highest BCUT2D eigenvalue weighted by atomic mass is 19.1. The van der Waals surface area contributed by atoms with Gasteiger partial charge in [-0.25, -0.2) is 9.18 Å². The van der Waals surface area contributed by atoms with Crippen molar-refractivity contribution in [2.45, 2.75) is 13.0 Å². The van der Waals surface area contributed by atoms with Crippen LogP contribution in [0.1, 0.15) is 15.9 Å². The van der Waals surface area contributed by atoms with Crippen molar-refractivity contribution >= 4 is 11.9 Å². The monoisotopic (exact) mass is 267 g/mol. The van der Waals surface area contributed by atoms with Crippen LogP contribution in [0.25, 0.3) is 0 Å². The van der Waals surface area contributed by atoms with Gasteiger partial charge in [0, 0.05) is 12.1 Å². The lowest BCUT2D eigenvalue weighted by molar-refractivity contribution is -0.147. The van der Waals surface area contributed by atoms with Crippen LogP contribution >= 0.6 is 0 Å². The number of carbonyl (C=O) groups is 2. The number of aliphatic carboxylic acids is 1. The number of halogens is 1. The van der Waals surface area contributed by atoms with Gasteiger partial charge in [-0.15, -0.1) is 0 Å². The third kappa shape index (κ3) is 2.73. The first-order valence-corrected chi connectivity index (χ1v) is 5.88. The third-order valence-electron chi connectivity index (χ3n) is 3.09. The number of carboxylic acid groups (broad SMARTS) is 1. The summed E-state index contributed by atoms with van der Waals surface area (Å²) in [4.78, 5) is 24.5. The molecule has 5 nitrogen and oxygen atoms in total. The molecule has 1 aromatic rings. The second kappa shape index (κ2) is 5.36. The Hall–Kier alpha value is -1.95. The average Bonchev–Trinajstić information content (AvgIpc) is 2.41. The minimum absolute atomic E-state index is 0.0462. The standard InChI is InChI=1S/C13H14FNO4/c1-8-2-3-9(6-10(8)14)12(16)15-4-5-19-7-11(15)13(17)18/h2-3,6,11H,4-5,7H2,1H3,(H,17,18)/t11-/m0/s1. The van der Waals surface area contributed by atoms with Crippen LogP contribution in [0.3, 0.4) is 0 Å². The van der Waals surface area contributed by atoms with E-state index in [9.17, 15) is 14.0 Å². The van der Waals surface area contributed by atoms with E-state index in [1.807, 2.05) is 0 Å². The van der Waals surface area contributed by atoms with E-state index in [0.717, 1.165) is 6.07 Å². The molecule has 102 valence electrons. The predicted octanol–water partition coefficient (Wildman–Crippen LogP) is 1.06. The minimum atomic E-state index is -1.12. The first-order valence-electron chi connectivity index (χ1n) is 5.88. The maximum Gasteiger partial charge on any atom is 0.328 e. The van der Waals surface area contributed by atoms with Gasteiger partial charge < -0.3 is 14.7 Å². The second-order valence-electron chi connectivity index (χ2n) is 4.39. The van der Waals surface area contributed by atoms with Crippen LogP contribution in [-0.4, -0.2) is 47.7 Å². The van der Waals surface area contributed by atoms with Crippen molar-refractivity contribution in [2.24, 2.45) is 0 Å². The van der Waals surface area contributed by atoms with E-state index < -0.39 is 23.7 Å². The van der Waals surface area contributed by atoms with E-state index in [1.165, 1.54) is 17.0 Å². The lowest BCUT2D eigenvalue weighted by Gasteiger charge is -2.32. The topological polar surface area (TPSA) is 66.8 Å². The number of nitrogens with zero attached hydrogens (tertiary/aromatic N) is 1. The summed E-state index contributed by atoms with van der Waals surface area (Å²) in [6.45, 7) is 2.02. The molecule has 0 saturated carbocycles. The van der Waals surface area contributed by atoms with Gasteiger partial charge in [0.2, 0.25) is 0 Å². The molecule has 2 rings (SSSR count). The first-order chi connectivity index (χ1) is 9.00. The minimum Gasteiger partial charge on any atom is -0.480 e. The van der Waals surface area contributed by atoms with Gasteiger partial charge in [-0.3, -0.25) is 4.79 Å². The van der Waals surface area contributed by atoms with Gasteiger partial charge in [0.15, 0.2) is 6.04 Å². The zero-order chi connectivity index (χ0) is 14.0. The Kier molecular flexibility index (Phi) is 3.80. The molecule has 0 radical (unpaired) electrons. The molecule has 1 saturated heterocycles. The summed E-state index contributed by atoms with van der Waals surface area (Å²) < 4.78 is 18.5. The predicted molar refractivity (Wildman–Crippen MR) is 64.4 cm³/mol. The summed E-state index contributed by atoms with van der Waals surface area (Å²) in [6, 6.07) is 3.10. The van der Waals surface area contributed by atoms with Crippen LogP contribution in [0, 0.1) is 12.7 Å². The van der Waals surface area contributed by atoms with Gasteiger partial charge in [-0.2, -0.15) is 0 Å². The summed E-state index contributed by atoms with van der Waals surface area (Å²) in [7, 11) is 0. The molecule has 0 aromatic heterocycles. The van der Waals surface area contributed by atoms with Crippen LogP contribution in [0.15, 0.2) is 18.2 Å². The fourth-order valence-electron chi connectivity index (χ4n) is 1.94. The van der Waals surface area contributed by atoms with Crippen molar-refractivity contribution in [3.8, 4) is 0 Å². The molecule has 19 heavy (non-hydrogen) atoms. The van der Waals surface area contributed by atoms with Crippen LogP contribution in [0.4, 0.5) is 4.39 Å². The molecule has 6 heteroatoms. The number of benzene rings is 1. The van der Waals surface area contributed by atoms with Crippen molar-refractivity contribution < 1.29 is 23.8 Å². The lowest BCUT2D eigenvalue weighted by atomic mass is 10.1. The van der Waals surface area contributed by atoms with Crippen molar-refractivity contribution in [1.29, 1.82) is 0 Å². The zero-order valence-corrected chi connectivity index (χ0v) is 10.4. The smallest absolute Gasteiger partial charge is 0.328 e. The van der Waals surface area contributed by atoms with E-state index in [-0.39, 0.29) is 25.3 Å². The van der Waals surface area contributed by atoms with Crippen LogP contribution in [0.2, 0.25) is 0 Å². The Morgan fingerprint density at radius 3 is 2.84 bits per heavy atom. The molecule has 1 heterocycles. The summed E-state index contributed by atoms with van der Waals surface area (Å²) >= 11 is 0. The number of amides is 1. The van der Waals surface area contributed by atoms with E-state index in [1.54, 1.807) is 6.92 Å². The Morgan fingerprint density at radius 1 is 1.47 bits per heavy atom. The average molecular weight is 267 g/mol. The summed E-state index contributed by atoms with van der Waals surface area (Å²) in [6.07, 6.45) is 0. The molecular weight excluding hydrogens is 253 g/mol. The van der Waals surface area contributed by atoms with E-state index in [2.05, 4.69) is 0 Å². The Balaban J connectivity index is 2.26. The Labute approximate surface area is 109 Å². The van der Waals surface area contributed by atoms with Crippen molar-refractivity contribution in [3.63, 3.8) is 0 Å². The Bertz CT molecular complexity index is 517. The van der Waals surface area contributed by atoms with Gasteiger partial charge in [0.1, 0.15) is 5.82 Å². The summed E-state index contributed by atoms with van der Waals surface area (Å²) in [5, 5.41) is 9.06. The first kappa shape index (κ1) is 13.5. The maximum absolute atomic E-state index is 13.5. The molecular formula is C13H14FNO4. The van der Waals surface area contributed by atoms with E-state index in [0.29, 0.717) is 5.56 Å². The number of hydrogen-bond acceptors (Lipinski definition) is 3. The molecule has 1 fully saturated rings. The Morgan fingerprint density at radius 2 is 2.21 bits per heavy atom. The molecule has 0 spiro atoms. The van der Waals surface area contributed by atoms with Gasteiger partial charge in [-0.05, 0) is 24.6 Å². The van der Waals surface area contributed by atoms with Crippen LogP contribution in [0.5, 0.6) is 0 Å². The highest BCUT2D eigenvalue weighted by Crippen LogP contribution is 2.15. The number of aryl methyl sites for hydroxylation is 1. The highest BCUT2D eigenvalue weighted by Gasteiger charge is 2.33.